The molecule has 18 heavy (non-hydrogen) atoms. The van der Waals surface area contributed by atoms with Crippen LogP contribution in [0.25, 0.3) is 0 Å². The molecule has 6 heteroatoms. The van der Waals surface area contributed by atoms with E-state index in [-0.39, 0.29) is 5.82 Å². The molecule has 2 rings (SSSR count). The third-order valence-electron chi connectivity index (χ3n) is 2.56. The zero-order valence-electron chi connectivity index (χ0n) is 10.2. The van der Waals surface area contributed by atoms with E-state index in [0.717, 1.165) is 17.3 Å². The lowest BCUT2D eigenvalue weighted by Crippen LogP contribution is -2.07. The van der Waals surface area contributed by atoms with Crippen molar-refractivity contribution in [2.45, 2.75) is 13.5 Å². The van der Waals surface area contributed by atoms with Gasteiger partial charge in [0.1, 0.15) is 0 Å². The summed E-state index contributed by atoms with van der Waals surface area (Å²) in [5, 5.41) is 5.70. The van der Waals surface area contributed by atoms with Crippen molar-refractivity contribution in [1.82, 2.24) is 15.0 Å². The smallest absolute Gasteiger partial charge is 0.224 e. The maximum atomic E-state index is 13.5. The molecule has 0 amide bonds. The van der Waals surface area contributed by atoms with Crippen LogP contribution < -0.4 is 10.6 Å². The predicted octanol–water partition coefficient (Wildman–Crippen LogP) is 1.97. The molecule has 0 atom stereocenters. The molecule has 2 aromatic heterocycles. The fraction of sp³-hybridized carbons (Fsp3) is 0.250. The van der Waals surface area contributed by atoms with Crippen molar-refractivity contribution >= 4 is 11.8 Å². The Labute approximate surface area is 105 Å². The number of rotatable bonds is 4. The molecule has 0 aliphatic carbocycles. The molecule has 0 aromatic carbocycles. The lowest BCUT2D eigenvalue weighted by atomic mass is 10.1. The van der Waals surface area contributed by atoms with Gasteiger partial charge in [0.25, 0.3) is 0 Å². The molecule has 0 spiro atoms. The highest BCUT2D eigenvalue weighted by Gasteiger charge is 2.06. The van der Waals surface area contributed by atoms with Gasteiger partial charge in [-0.05, 0) is 24.1 Å². The van der Waals surface area contributed by atoms with Gasteiger partial charge in [-0.15, -0.1) is 0 Å². The number of halogens is 1. The molecule has 0 radical (unpaired) electrons. The van der Waals surface area contributed by atoms with Gasteiger partial charge in [0.05, 0.1) is 6.20 Å². The first-order valence-electron chi connectivity index (χ1n) is 5.54. The van der Waals surface area contributed by atoms with E-state index >= 15 is 0 Å². The Bertz CT molecular complexity index is 544. The molecule has 0 unspecified atom stereocenters. The first-order valence-corrected chi connectivity index (χ1v) is 5.54. The molecule has 0 saturated heterocycles. The van der Waals surface area contributed by atoms with Crippen molar-refractivity contribution in [3.8, 4) is 0 Å². The second-order valence-electron chi connectivity index (χ2n) is 3.80. The number of anilines is 2. The number of hydrogen-bond acceptors (Lipinski definition) is 5. The van der Waals surface area contributed by atoms with Gasteiger partial charge in [0.2, 0.25) is 5.95 Å². The topological polar surface area (TPSA) is 62.7 Å². The minimum atomic E-state index is -0.476. The third-order valence-corrected chi connectivity index (χ3v) is 2.56. The van der Waals surface area contributed by atoms with E-state index in [9.17, 15) is 4.39 Å². The lowest BCUT2D eigenvalue weighted by molar-refractivity contribution is 0.617. The standard InChI is InChI=1S/C12H14FN5/c1-8-3-4-15-5-9(8)6-16-11-10(13)7-17-12(14-2)18-11/h3-5,7H,6H2,1-2H3,(H2,14,16,17,18). The molecule has 0 fully saturated rings. The normalized spacial score (nSPS) is 10.2. The molecule has 2 N–H and O–H groups in total. The molecule has 94 valence electrons. The van der Waals surface area contributed by atoms with Crippen LogP contribution in [0.1, 0.15) is 11.1 Å². The Balaban J connectivity index is 2.13. The van der Waals surface area contributed by atoms with Crippen molar-refractivity contribution in [1.29, 1.82) is 0 Å². The number of hydrogen-bond donors (Lipinski definition) is 2. The molecule has 0 bridgehead atoms. The summed E-state index contributed by atoms with van der Waals surface area (Å²) in [6.07, 6.45) is 4.61. The monoisotopic (exact) mass is 247 g/mol. The van der Waals surface area contributed by atoms with Crippen LogP contribution in [0.3, 0.4) is 0 Å². The molecular weight excluding hydrogens is 233 g/mol. The summed E-state index contributed by atoms with van der Waals surface area (Å²) in [6.45, 7) is 2.45. The SMILES string of the molecule is CNc1ncc(F)c(NCc2cnccc2C)n1. The van der Waals surface area contributed by atoms with Crippen molar-refractivity contribution in [3.63, 3.8) is 0 Å². The minimum absolute atomic E-state index is 0.178. The van der Waals surface area contributed by atoms with E-state index in [2.05, 4.69) is 25.6 Å². The maximum absolute atomic E-state index is 13.5. The summed E-state index contributed by atoms with van der Waals surface area (Å²) >= 11 is 0. The van der Waals surface area contributed by atoms with Crippen molar-refractivity contribution in [2.75, 3.05) is 17.7 Å². The average molecular weight is 247 g/mol. The highest BCUT2D eigenvalue weighted by atomic mass is 19.1. The Hall–Kier alpha value is -2.24. The largest absolute Gasteiger partial charge is 0.363 e. The Morgan fingerprint density at radius 2 is 2.17 bits per heavy atom. The van der Waals surface area contributed by atoms with Gasteiger partial charge in [-0.2, -0.15) is 4.98 Å². The third kappa shape index (κ3) is 2.71. The zero-order valence-corrected chi connectivity index (χ0v) is 10.2. The number of nitrogens with zero attached hydrogens (tertiary/aromatic N) is 3. The van der Waals surface area contributed by atoms with Crippen LogP contribution in [0.15, 0.2) is 24.7 Å². The van der Waals surface area contributed by atoms with Crippen molar-refractivity contribution in [3.05, 3.63) is 41.6 Å². The molecular formula is C12H14FN5. The molecule has 2 heterocycles. The van der Waals surface area contributed by atoms with Crippen molar-refractivity contribution in [2.24, 2.45) is 0 Å². The van der Waals surface area contributed by atoms with E-state index in [4.69, 9.17) is 0 Å². The summed E-state index contributed by atoms with van der Waals surface area (Å²) < 4.78 is 13.5. The Kier molecular flexibility index (Phi) is 3.66. The Morgan fingerprint density at radius 3 is 2.89 bits per heavy atom. The molecule has 2 aromatic rings. The van der Waals surface area contributed by atoms with E-state index in [1.54, 1.807) is 19.4 Å². The lowest BCUT2D eigenvalue weighted by Gasteiger charge is -2.09. The van der Waals surface area contributed by atoms with Crippen molar-refractivity contribution < 1.29 is 4.39 Å². The highest BCUT2D eigenvalue weighted by molar-refractivity contribution is 5.41. The first kappa shape index (κ1) is 12.2. The van der Waals surface area contributed by atoms with Crippen LogP contribution >= 0.6 is 0 Å². The van der Waals surface area contributed by atoms with Crippen LogP contribution in [0.4, 0.5) is 16.2 Å². The van der Waals surface area contributed by atoms with E-state index in [0.29, 0.717) is 12.5 Å². The molecule has 0 aliphatic rings. The quantitative estimate of drug-likeness (QED) is 0.865. The van der Waals surface area contributed by atoms with Gasteiger partial charge in [0, 0.05) is 26.0 Å². The van der Waals surface area contributed by atoms with Crippen LogP contribution in [0.2, 0.25) is 0 Å². The number of aryl methyl sites for hydroxylation is 1. The molecule has 0 aliphatic heterocycles. The molecule has 0 saturated carbocycles. The predicted molar refractivity (Wildman–Crippen MR) is 67.8 cm³/mol. The zero-order chi connectivity index (χ0) is 13.0. The maximum Gasteiger partial charge on any atom is 0.224 e. The van der Waals surface area contributed by atoms with Gasteiger partial charge in [-0.3, -0.25) is 4.98 Å². The number of pyridine rings is 1. The summed E-state index contributed by atoms with van der Waals surface area (Å²) in [7, 11) is 1.68. The number of nitrogens with one attached hydrogen (secondary N) is 2. The van der Waals surface area contributed by atoms with Crippen LogP contribution in [0, 0.1) is 12.7 Å². The second-order valence-corrected chi connectivity index (χ2v) is 3.80. The van der Waals surface area contributed by atoms with Gasteiger partial charge >= 0.3 is 0 Å². The fourth-order valence-corrected chi connectivity index (χ4v) is 1.47. The van der Waals surface area contributed by atoms with Gasteiger partial charge < -0.3 is 10.6 Å². The van der Waals surface area contributed by atoms with E-state index < -0.39 is 5.82 Å². The van der Waals surface area contributed by atoms with Crippen LogP contribution in [0.5, 0.6) is 0 Å². The molecule has 5 nitrogen and oxygen atoms in total. The summed E-state index contributed by atoms with van der Waals surface area (Å²) in [5.41, 5.74) is 2.10. The van der Waals surface area contributed by atoms with Crippen LogP contribution in [-0.2, 0) is 6.54 Å². The van der Waals surface area contributed by atoms with Gasteiger partial charge in [0.15, 0.2) is 11.6 Å². The highest BCUT2D eigenvalue weighted by Crippen LogP contribution is 2.14. The fourth-order valence-electron chi connectivity index (χ4n) is 1.47. The minimum Gasteiger partial charge on any atom is -0.363 e. The number of aromatic nitrogens is 3. The Morgan fingerprint density at radius 1 is 1.33 bits per heavy atom. The van der Waals surface area contributed by atoms with Gasteiger partial charge in [-0.25, -0.2) is 9.37 Å². The van der Waals surface area contributed by atoms with Crippen LogP contribution in [-0.4, -0.2) is 22.0 Å². The van der Waals surface area contributed by atoms with E-state index in [1.807, 2.05) is 13.0 Å². The first-order chi connectivity index (χ1) is 8.70. The second kappa shape index (κ2) is 5.39. The summed E-state index contributed by atoms with van der Waals surface area (Å²) in [5.74, 6) is 0.0787. The summed E-state index contributed by atoms with van der Waals surface area (Å²) in [6, 6.07) is 1.91. The van der Waals surface area contributed by atoms with E-state index in [1.165, 1.54) is 0 Å². The summed E-state index contributed by atoms with van der Waals surface area (Å²) in [4.78, 5) is 11.8. The average Bonchev–Trinajstić information content (AvgIpc) is 2.39. The van der Waals surface area contributed by atoms with Gasteiger partial charge in [-0.1, -0.05) is 0 Å².